The van der Waals surface area contributed by atoms with Gasteiger partial charge in [-0.15, -0.1) is 54.1 Å². The quantitative estimate of drug-likeness (QED) is 0.118. The van der Waals surface area contributed by atoms with Gasteiger partial charge in [-0.25, -0.2) is 0 Å². The van der Waals surface area contributed by atoms with E-state index in [0.29, 0.717) is 5.92 Å². The fourth-order valence-corrected chi connectivity index (χ4v) is 11.4. The molecule has 0 amide bonds. The molecular weight excluding hydrogens is 979 g/mol. The molecule has 0 saturated heterocycles. The molecule has 0 atom stereocenters. The Morgan fingerprint density at radius 3 is 2.17 bits per heavy atom. The van der Waals surface area contributed by atoms with Crippen molar-refractivity contribution < 1.29 is 20.1 Å². The first-order valence-corrected chi connectivity index (χ1v) is 26.1. The largest absolute Gasteiger partial charge is 0.333 e. The zero-order chi connectivity index (χ0) is 43.2. The molecule has 1 radical (unpaired) electrons. The number of benzene rings is 7. The monoisotopic (exact) mass is 1030 g/mol. The van der Waals surface area contributed by atoms with Crippen molar-refractivity contribution >= 4 is 66.6 Å². The Morgan fingerprint density at radius 1 is 0.714 bits per heavy atom. The first-order chi connectivity index (χ1) is 29.8. The summed E-state index contributed by atoms with van der Waals surface area (Å²) in [6.07, 6.45) is 3.24. The fourth-order valence-electron chi connectivity index (χ4n) is 8.61. The summed E-state index contributed by atoms with van der Waals surface area (Å²) in [4.78, 5) is 10.1. The normalized spacial score (nSPS) is 11.9. The van der Waals surface area contributed by atoms with Gasteiger partial charge in [-0.2, -0.15) is 11.3 Å². The van der Waals surface area contributed by atoms with Crippen LogP contribution >= 0.6 is 11.3 Å². The smallest absolute Gasteiger partial charge is 0.0852 e. The van der Waals surface area contributed by atoms with Gasteiger partial charge in [-0.05, 0) is 79.5 Å². The first-order valence-electron chi connectivity index (χ1n) is 21.7. The van der Waals surface area contributed by atoms with Gasteiger partial charge in [-0.1, -0.05) is 162 Å². The molecule has 6 heteroatoms. The second-order valence-corrected chi connectivity index (χ2v) is 24.9. The van der Waals surface area contributed by atoms with Crippen LogP contribution in [0.2, 0.25) is 19.6 Å². The number of thiophene rings is 1. The number of hydrogen-bond donors (Lipinski definition) is 0. The molecular formula is C57H53IrN3SSi-2. The zero-order valence-corrected chi connectivity index (χ0v) is 41.6. The molecule has 0 saturated carbocycles. The number of hydrogen-bond acceptors (Lipinski definition) is 3. The summed E-state index contributed by atoms with van der Waals surface area (Å²) in [5.41, 5.74) is 11.6. The Balaban J connectivity index is 0.000000219. The maximum Gasteiger partial charge on any atom is 0.0852 e. The molecule has 0 aliphatic rings. The maximum absolute atomic E-state index is 5.45. The summed E-state index contributed by atoms with van der Waals surface area (Å²) in [7, 11) is -1.34. The predicted octanol–water partition coefficient (Wildman–Crippen LogP) is 15.3. The van der Waals surface area contributed by atoms with Gasteiger partial charge in [0.25, 0.3) is 0 Å². The van der Waals surface area contributed by atoms with E-state index in [1.807, 2.05) is 29.5 Å². The van der Waals surface area contributed by atoms with Crippen LogP contribution in [-0.2, 0) is 31.9 Å². The molecule has 3 heterocycles. The van der Waals surface area contributed by atoms with E-state index in [1.54, 1.807) is 0 Å². The first kappa shape index (κ1) is 44.1. The second kappa shape index (κ2) is 17.9. The van der Waals surface area contributed by atoms with E-state index < -0.39 is 8.07 Å². The van der Waals surface area contributed by atoms with Crippen LogP contribution < -0.4 is 5.19 Å². The van der Waals surface area contributed by atoms with Crippen LogP contribution in [0, 0.1) is 18.1 Å². The standard InChI is InChI=1S/C39H29N2S.C18H24NSi.Ir/c1-39(2,3)27-21-23-33(32(24-27)25-12-5-4-6-13-25)41-34-22-20-26-14-7-8-15-28(26)36(34)40-38(41)31-18-11-17-30-29-16-9-10-19-35(29)42-37(30)31;1-14(2)11-16-12-17(15-9-7-6-8-10-15)19-13-18(16)20(3,4)5;/h4-17,19-24H,1-3H3;6-9,12-14H,11H2,1-5H3;/q2*-1;. The Labute approximate surface area is 391 Å². The Morgan fingerprint density at radius 2 is 1.44 bits per heavy atom. The molecule has 0 bridgehead atoms. The van der Waals surface area contributed by atoms with Gasteiger partial charge in [0.2, 0.25) is 0 Å². The summed E-state index contributed by atoms with van der Waals surface area (Å²) in [6, 6.07) is 60.8. The molecule has 0 aliphatic heterocycles. The fraction of sp³-hybridized carbons (Fsp3) is 0.193. The number of imidazole rings is 1. The van der Waals surface area contributed by atoms with E-state index in [4.69, 9.17) is 4.98 Å². The minimum absolute atomic E-state index is 0. The van der Waals surface area contributed by atoms with Gasteiger partial charge < -0.3 is 9.55 Å². The van der Waals surface area contributed by atoms with Gasteiger partial charge in [0, 0.05) is 47.6 Å². The van der Waals surface area contributed by atoms with Gasteiger partial charge in [0.15, 0.2) is 0 Å². The molecule has 7 aromatic carbocycles. The molecule has 0 N–H and O–H groups in total. The van der Waals surface area contributed by atoms with Gasteiger partial charge in [-0.3, -0.25) is 4.98 Å². The number of fused-ring (bicyclic) bond motifs is 6. The third-order valence-corrected chi connectivity index (χ3v) is 15.0. The van der Waals surface area contributed by atoms with Gasteiger partial charge in [0.05, 0.1) is 24.9 Å². The average molecular weight is 1030 g/mol. The Kier molecular flexibility index (Phi) is 12.6. The molecule has 3 nitrogen and oxygen atoms in total. The van der Waals surface area contributed by atoms with E-state index in [9.17, 15) is 0 Å². The van der Waals surface area contributed by atoms with Crippen LogP contribution in [0.5, 0.6) is 0 Å². The summed E-state index contributed by atoms with van der Waals surface area (Å²) < 4.78 is 4.86. The number of aromatic nitrogens is 3. The van der Waals surface area contributed by atoms with Crippen molar-refractivity contribution in [3.8, 4) is 39.5 Å². The molecule has 3 aromatic heterocycles. The molecule has 0 fully saturated rings. The summed E-state index contributed by atoms with van der Waals surface area (Å²) >= 11 is 1.82. The van der Waals surface area contributed by atoms with Crippen molar-refractivity contribution in [1.29, 1.82) is 0 Å². The molecule has 0 spiro atoms. The number of pyridine rings is 1. The minimum atomic E-state index is -1.34. The SMILES string of the molecule is CC(C)(C)c1ccc(-n2c(-c3[c-]ccc4c3sc3ccccc34)nc3c4ccccc4ccc32)c(-c2ccccc2)c1.CC(C)Cc1cc(-c2[c-]cccc2)ncc1[Si](C)(C)C.[Ir]. The average Bonchev–Trinajstić information content (AvgIpc) is 3.85. The molecule has 63 heavy (non-hydrogen) atoms. The molecule has 0 unspecified atom stereocenters. The van der Waals surface area contributed by atoms with Crippen molar-refractivity contribution in [2.75, 3.05) is 0 Å². The number of rotatable bonds is 7. The molecule has 10 rings (SSSR count). The van der Waals surface area contributed by atoms with E-state index in [0.717, 1.165) is 51.2 Å². The van der Waals surface area contributed by atoms with Gasteiger partial charge in [0.1, 0.15) is 0 Å². The van der Waals surface area contributed by atoms with Crippen molar-refractivity contribution in [2.45, 2.75) is 66.1 Å². The Hall–Kier alpha value is -5.49. The van der Waals surface area contributed by atoms with E-state index >= 15 is 0 Å². The van der Waals surface area contributed by atoms with E-state index in [2.05, 4.69) is 216 Å². The molecule has 0 aliphatic carbocycles. The number of nitrogens with zero attached hydrogens (tertiary/aromatic N) is 3. The second-order valence-electron chi connectivity index (χ2n) is 18.8. The third kappa shape index (κ3) is 8.88. The van der Waals surface area contributed by atoms with Crippen LogP contribution in [-0.4, -0.2) is 22.6 Å². The van der Waals surface area contributed by atoms with Crippen molar-refractivity contribution in [3.05, 3.63) is 181 Å². The molecule has 317 valence electrons. The van der Waals surface area contributed by atoms with Gasteiger partial charge >= 0.3 is 0 Å². The van der Waals surface area contributed by atoms with Crippen LogP contribution in [0.15, 0.2) is 158 Å². The summed E-state index contributed by atoms with van der Waals surface area (Å²) in [5, 5.41) is 6.37. The van der Waals surface area contributed by atoms with Crippen LogP contribution in [0.1, 0.15) is 45.7 Å². The van der Waals surface area contributed by atoms with Crippen LogP contribution in [0.3, 0.4) is 0 Å². The van der Waals surface area contributed by atoms with Crippen molar-refractivity contribution in [1.82, 2.24) is 14.5 Å². The minimum Gasteiger partial charge on any atom is -0.333 e. The third-order valence-electron chi connectivity index (χ3n) is 11.7. The summed E-state index contributed by atoms with van der Waals surface area (Å²) in [6.45, 7) is 18.6. The summed E-state index contributed by atoms with van der Waals surface area (Å²) in [5.74, 6) is 1.58. The Bertz CT molecular complexity index is 3210. The van der Waals surface area contributed by atoms with Crippen LogP contribution in [0.4, 0.5) is 0 Å². The topological polar surface area (TPSA) is 30.7 Å². The van der Waals surface area contributed by atoms with Crippen molar-refractivity contribution in [3.63, 3.8) is 0 Å². The van der Waals surface area contributed by atoms with E-state index in [1.165, 1.54) is 53.0 Å². The molecule has 10 aromatic rings. The zero-order valence-electron chi connectivity index (χ0n) is 37.4. The predicted molar refractivity (Wildman–Crippen MR) is 270 cm³/mol. The van der Waals surface area contributed by atoms with E-state index in [-0.39, 0.29) is 25.5 Å². The maximum atomic E-state index is 5.45. The van der Waals surface area contributed by atoms with Crippen LogP contribution in [0.25, 0.3) is 81.4 Å². The van der Waals surface area contributed by atoms with Crippen molar-refractivity contribution in [2.24, 2.45) is 5.92 Å².